The number of aromatic hydroxyl groups is 2. The first-order chi connectivity index (χ1) is 18.3. The molecule has 4 aromatic carbocycles. The summed E-state index contributed by atoms with van der Waals surface area (Å²) in [4.78, 5) is 16.9. The topological polar surface area (TPSA) is 84.2 Å². The Morgan fingerprint density at radius 1 is 0.868 bits per heavy atom. The fraction of sp³-hybridized carbons (Fsp3) is 0.194. The molecule has 0 bridgehead atoms. The van der Waals surface area contributed by atoms with Gasteiger partial charge in [0.05, 0.1) is 18.2 Å². The van der Waals surface area contributed by atoms with Gasteiger partial charge in [0.15, 0.2) is 0 Å². The van der Waals surface area contributed by atoms with E-state index in [9.17, 15) is 24.5 Å². The van der Waals surface area contributed by atoms with Gasteiger partial charge in [0.2, 0.25) is 0 Å². The van der Waals surface area contributed by atoms with Gasteiger partial charge in [0.1, 0.15) is 17.3 Å². The number of carbonyl (C=O) groups excluding carboxylic acids is 1. The largest absolute Gasteiger partial charge is 0.508 e. The van der Waals surface area contributed by atoms with Gasteiger partial charge in [-0.05, 0) is 65.9 Å². The van der Waals surface area contributed by atoms with Crippen molar-refractivity contribution in [3.8, 4) is 22.6 Å². The van der Waals surface area contributed by atoms with Crippen molar-refractivity contribution >= 4 is 11.7 Å². The minimum Gasteiger partial charge on any atom is -0.508 e. The molecule has 38 heavy (non-hydrogen) atoms. The van der Waals surface area contributed by atoms with Crippen LogP contribution in [0, 0.1) is 5.82 Å². The fourth-order valence-corrected chi connectivity index (χ4v) is 5.19. The van der Waals surface area contributed by atoms with Crippen molar-refractivity contribution in [1.82, 2.24) is 4.90 Å². The standard InChI is InChI=1S/C31H29FN2O4/c1-33-27(17-18-28(36)22-7-11-23(32)12-8-22)30(26-16-15-25(35)19-29(26)37)34(31(33)38)24-13-9-21(10-14-24)20-5-3-2-4-6-20/h2-16,19,27-28,30,35-37H,17-18H2,1H3/t27-,28-,30+/m0/s1. The fourth-order valence-electron chi connectivity index (χ4n) is 5.19. The Morgan fingerprint density at radius 3 is 2.18 bits per heavy atom. The number of urea groups is 1. The quantitative estimate of drug-likeness (QED) is 0.268. The first-order valence-corrected chi connectivity index (χ1v) is 12.5. The van der Waals surface area contributed by atoms with Gasteiger partial charge in [-0.2, -0.15) is 0 Å². The molecule has 1 aliphatic rings. The Labute approximate surface area is 220 Å². The summed E-state index contributed by atoms with van der Waals surface area (Å²) in [6.45, 7) is 0. The van der Waals surface area contributed by atoms with Crippen molar-refractivity contribution in [3.05, 3.63) is 114 Å². The number of aliphatic hydroxyl groups is 1. The summed E-state index contributed by atoms with van der Waals surface area (Å²) < 4.78 is 13.3. The first-order valence-electron chi connectivity index (χ1n) is 12.5. The van der Waals surface area contributed by atoms with Crippen LogP contribution in [0.2, 0.25) is 0 Å². The maximum absolute atomic E-state index is 13.6. The van der Waals surface area contributed by atoms with Crippen LogP contribution in [0.5, 0.6) is 11.5 Å². The number of anilines is 1. The molecule has 0 unspecified atom stereocenters. The van der Waals surface area contributed by atoms with Crippen LogP contribution < -0.4 is 4.90 Å². The normalized spacial score (nSPS) is 18.1. The lowest BCUT2D eigenvalue weighted by Crippen LogP contribution is -2.31. The number of phenols is 2. The molecule has 1 fully saturated rings. The number of rotatable bonds is 7. The highest BCUT2D eigenvalue weighted by molar-refractivity contribution is 5.96. The van der Waals surface area contributed by atoms with E-state index >= 15 is 0 Å². The summed E-state index contributed by atoms with van der Waals surface area (Å²) in [5.41, 5.74) is 3.83. The molecule has 0 saturated carbocycles. The van der Waals surface area contributed by atoms with Crippen molar-refractivity contribution < 1.29 is 24.5 Å². The Morgan fingerprint density at radius 2 is 1.53 bits per heavy atom. The van der Waals surface area contributed by atoms with Gasteiger partial charge in [0.25, 0.3) is 0 Å². The Bertz CT molecular complexity index is 1410. The van der Waals surface area contributed by atoms with Crippen molar-refractivity contribution in [2.75, 3.05) is 11.9 Å². The number of carbonyl (C=O) groups is 1. The third-order valence-corrected chi connectivity index (χ3v) is 7.22. The van der Waals surface area contributed by atoms with Gasteiger partial charge in [-0.1, -0.05) is 54.6 Å². The van der Waals surface area contributed by atoms with Crippen LogP contribution in [-0.4, -0.2) is 39.3 Å². The Balaban J connectivity index is 1.48. The predicted molar refractivity (Wildman–Crippen MR) is 144 cm³/mol. The number of aliphatic hydroxyl groups excluding tert-OH is 1. The lowest BCUT2D eigenvalue weighted by molar-refractivity contribution is 0.148. The van der Waals surface area contributed by atoms with E-state index in [4.69, 9.17) is 0 Å². The summed E-state index contributed by atoms with van der Waals surface area (Å²) >= 11 is 0. The van der Waals surface area contributed by atoms with Crippen LogP contribution in [0.15, 0.2) is 97.1 Å². The average molecular weight is 513 g/mol. The van der Waals surface area contributed by atoms with Crippen molar-refractivity contribution in [2.24, 2.45) is 0 Å². The molecule has 2 amide bonds. The third-order valence-electron chi connectivity index (χ3n) is 7.22. The minimum absolute atomic E-state index is 0.0778. The monoisotopic (exact) mass is 512 g/mol. The van der Waals surface area contributed by atoms with Crippen LogP contribution in [-0.2, 0) is 0 Å². The van der Waals surface area contributed by atoms with E-state index in [2.05, 4.69) is 0 Å². The molecule has 0 spiro atoms. The molecule has 0 aromatic heterocycles. The number of hydrogen-bond acceptors (Lipinski definition) is 4. The smallest absolute Gasteiger partial charge is 0.325 e. The zero-order chi connectivity index (χ0) is 26.8. The third kappa shape index (κ3) is 4.93. The lowest BCUT2D eigenvalue weighted by Gasteiger charge is -2.29. The van der Waals surface area contributed by atoms with E-state index in [-0.39, 0.29) is 29.4 Å². The highest BCUT2D eigenvalue weighted by atomic mass is 19.1. The molecule has 1 heterocycles. The molecular formula is C31H29FN2O4. The van der Waals surface area contributed by atoms with E-state index < -0.39 is 12.1 Å². The number of halogens is 1. The molecule has 1 saturated heterocycles. The van der Waals surface area contributed by atoms with Crippen LogP contribution in [0.3, 0.4) is 0 Å². The van der Waals surface area contributed by atoms with Crippen molar-refractivity contribution in [1.29, 1.82) is 0 Å². The molecule has 1 aliphatic heterocycles. The zero-order valence-corrected chi connectivity index (χ0v) is 20.9. The maximum atomic E-state index is 13.6. The van der Waals surface area contributed by atoms with Crippen LogP contribution >= 0.6 is 0 Å². The molecule has 0 aliphatic carbocycles. The number of nitrogens with zero attached hydrogens (tertiary/aromatic N) is 2. The van der Waals surface area contributed by atoms with Crippen LogP contribution in [0.1, 0.15) is 36.1 Å². The summed E-state index contributed by atoms with van der Waals surface area (Å²) in [6, 6.07) is 26.5. The SMILES string of the molecule is CN1C(=O)N(c2ccc(-c3ccccc3)cc2)[C@H](c2ccc(O)cc2O)[C@@H]1CC[C@H](O)c1ccc(F)cc1. The molecule has 7 heteroatoms. The van der Waals surface area contributed by atoms with Crippen molar-refractivity contribution in [2.45, 2.75) is 31.0 Å². The molecule has 4 aromatic rings. The number of amides is 2. The first kappa shape index (κ1) is 25.3. The van der Waals surface area contributed by atoms with E-state index in [0.717, 1.165) is 11.1 Å². The predicted octanol–water partition coefficient (Wildman–Crippen LogP) is 6.40. The average Bonchev–Trinajstić information content (AvgIpc) is 3.17. The van der Waals surface area contributed by atoms with Gasteiger partial charge >= 0.3 is 6.03 Å². The Hall–Kier alpha value is -4.36. The molecular weight excluding hydrogens is 483 g/mol. The number of hydrogen-bond donors (Lipinski definition) is 3. The highest BCUT2D eigenvalue weighted by Gasteiger charge is 2.46. The summed E-state index contributed by atoms with van der Waals surface area (Å²) in [5.74, 6) is -0.571. The summed E-state index contributed by atoms with van der Waals surface area (Å²) in [7, 11) is 1.71. The second kappa shape index (κ2) is 10.6. The van der Waals surface area contributed by atoms with Crippen LogP contribution in [0.25, 0.3) is 11.1 Å². The molecule has 6 nitrogen and oxygen atoms in total. The van der Waals surface area contributed by atoms with Gasteiger partial charge in [-0.25, -0.2) is 9.18 Å². The van der Waals surface area contributed by atoms with Gasteiger partial charge in [-0.15, -0.1) is 0 Å². The molecule has 0 radical (unpaired) electrons. The number of phenolic OH excluding ortho intramolecular Hbond substituents is 2. The van der Waals surface area contributed by atoms with Gasteiger partial charge in [-0.3, -0.25) is 4.90 Å². The molecule has 3 N–H and O–H groups in total. The van der Waals surface area contributed by atoms with E-state index in [0.29, 0.717) is 29.7 Å². The highest BCUT2D eigenvalue weighted by Crippen LogP contribution is 2.44. The second-order valence-electron chi connectivity index (χ2n) is 9.58. The zero-order valence-electron chi connectivity index (χ0n) is 20.9. The molecule has 5 rings (SSSR count). The summed E-state index contributed by atoms with van der Waals surface area (Å²) in [6.07, 6.45) is -0.0959. The molecule has 194 valence electrons. The number of likely N-dealkylation sites (N-methyl/N-ethyl adjacent to an activating group) is 1. The molecule has 3 atom stereocenters. The lowest BCUT2D eigenvalue weighted by atomic mass is 9.92. The van der Waals surface area contributed by atoms with Gasteiger partial charge in [0, 0.05) is 24.4 Å². The van der Waals surface area contributed by atoms with E-state index in [1.807, 2.05) is 54.6 Å². The van der Waals surface area contributed by atoms with E-state index in [1.165, 1.54) is 24.3 Å². The van der Waals surface area contributed by atoms with Crippen molar-refractivity contribution in [3.63, 3.8) is 0 Å². The van der Waals surface area contributed by atoms with Gasteiger partial charge < -0.3 is 20.2 Å². The van der Waals surface area contributed by atoms with E-state index in [1.54, 1.807) is 35.0 Å². The maximum Gasteiger partial charge on any atom is 0.325 e. The minimum atomic E-state index is -0.840. The van der Waals surface area contributed by atoms with Crippen LogP contribution in [0.4, 0.5) is 14.9 Å². The Kier molecular flexibility index (Phi) is 7.03. The second-order valence-corrected chi connectivity index (χ2v) is 9.58. The number of benzene rings is 4. The summed E-state index contributed by atoms with van der Waals surface area (Å²) in [5, 5.41) is 31.4.